The second-order valence-electron chi connectivity index (χ2n) is 4.36. The summed E-state index contributed by atoms with van der Waals surface area (Å²) in [5.74, 6) is 0. The summed E-state index contributed by atoms with van der Waals surface area (Å²) in [7, 11) is 0. The van der Waals surface area contributed by atoms with Crippen molar-refractivity contribution in [2.45, 2.75) is 44.2 Å². The van der Waals surface area contributed by atoms with Gasteiger partial charge in [-0.1, -0.05) is 0 Å². The van der Waals surface area contributed by atoms with Crippen LogP contribution in [0.5, 0.6) is 0 Å². The molecular weight excluding hydrogens is 162 g/mol. The lowest BCUT2D eigenvalue weighted by Gasteiger charge is -2.36. The molecule has 2 N–H and O–H groups in total. The van der Waals surface area contributed by atoms with Gasteiger partial charge in [-0.25, -0.2) is 0 Å². The van der Waals surface area contributed by atoms with Crippen LogP contribution in [0.3, 0.4) is 0 Å². The van der Waals surface area contributed by atoms with Crippen LogP contribution in [0.25, 0.3) is 0 Å². The topological polar surface area (TPSA) is 43.8 Å². The molecule has 0 amide bonds. The van der Waals surface area contributed by atoms with Gasteiger partial charge in [0.15, 0.2) is 0 Å². The van der Waals surface area contributed by atoms with Crippen molar-refractivity contribution in [2.24, 2.45) is 5.73 Å². The number of nitrogens with zero attached hydrogens (tertiary/aromatic N) is 2. The first-order valence-electron chi connectivity index (χ1n) is 5.14. The van der Waals surface area contributed by atoms with E-state index in [1.807, 2.05) is 0 Å². The Morgan fingerprint density at radius 1 is 1.38 bits per heavy atom. The maximum atomic E-state index is 6.21. The van der Waals surface area contributed by atoms with Gasteiger partial charge in [0.25, 0.3) is 0 Å². The SMILES string of the molecule is NC1(c2cc3n(n2)CCC3)CCC1. The molecule has 1 aromatic rings. The quantitative estimate of drug-likeness (QED) is 0.699. The highest BCUT2D eigenvalue weighted by Gasteiger charge is 2.37. The number of rotatable bonds is 1. The van der Waals surface area contributed by atoms with E-state index in [-0.39, 0.29) is 5.54 Å². The van der Waals surface area contributed by atoms with Gasteiger partial charge >= 0.3 is 0 Å². The summed E-state index contributed by atoms with van der Waals surface area (Å²) < 4.78 is 2.13. The molecule has 3 rings (SSSR count). The van der Waals surface area contributed by atoms with Gasteiger partial charge in [0.05, 0.1) is 11.2 Å². The van der Waals surface area contributed by atoms with Crippen molar-refractivity contribution in [1.82, 2.24) is 9.78 Å². The Labute approximate surface area is 77.9 Å². The Bertz CT molecular complexity index is 314. The Morgan fingerprint density at radius 2 is 2.23 bits per heavy atom. The molecular formula is C10H15N3. The molecule has 0 aromatic carbocycles. The Morgan fingerprint density at radius 3 is 2.85 bits per heavy atom. The molecule has 1 fully saturated rings. The van der Waals surface area contributed by atoms with Gasteiger partial charge in [-0.05, 0) is 38.2 Å². The molecule has 1 aliphatic heterocycles. The molecule has 1 aromatic heterocycles. The third kappa shape index (κ3) is 0.967. The van der Waals surface area contributed by atoms with Gasteiger partial charge in [-0.3, -0.25) is 4.68 Å². The van der Waals surface area contributed by atoms with E-state index in [0.29, 0.717) is 0 Å². The van der Waals surface area contributed by atoms with E-state index in [1.54, 1.807) is 0 Å². The lowest BCUT2D eigenvalue weighted by atomic mass is 9.75. The monoisotopic (exact) mass is 177 g/mol. The minimum atomic E-state index is -0.0721. The van der Waals surface area contributed by atoms with Crippen molar-refractivity contribution >= 4 is 0 Å². The van der Waals surface area contributed by atoms with E-state index in [4.69, 9.17) is 5.73 Å². The highest BCUT2D eigenvalue weighted by molar-refractivity contribution is 5.22. The Balaban J connectivity index is 1.97. The van der Waals surface area contributed by atoms with E-state index in [2.05, 4.69) is 15.8 Å². The van der Waals surface area contributed by atoms with E-state index in [1.165, 1.54) is 25.0 Å². The number of fused-ring (bicyclic) bond motifs is 1. The predicted molar refractivity (Wildman–Crippen MR) is 50.3 cm³/mol. The van der Waals surface area contributed by atoms with Crippen molar-refractivity contribution in [3.8, 4) is 0 Å². The molecule has 0 unspecified atom stereocenters. The van der Waals surface area contributed by atoms with Crippen LogP contribution in [0.2, 0.25) is 0 Å². The van der Waals surface area contributed by atoms with Crippen molar-refractivity contribution < 1.29 is 0 Å². The van der Waals surface area contributed by atoms with Crippen LogP contribution >= 0.6 is 0 Å². The maximum Gasteiger partial charge on any atom is 0.0826 e. The van der Waals surface area contributed by atoms with Gasteiger partial charge in [0, 0.05) is 12.2 Å². The zero-order valence-electron chi connectivity index (χ0n) is 7.79. The lowest BCUT2D eigenvalue weighted by molar-refractivity contribution is 0.244. The van der Waals surface area contributed by atoms with Crippen LogP contribution in [0.15, 0.2) is 6.07 Å². The molecule has 3 heteroatoms. The van der Waals surface area contributed by atoms with E-state index >= 15 is 0 Å². The minimum absolute atomic E-state index is 0.0721. The molecule has 0 bridgehead atoms. The van der Waals surface area contributed by atoms with Crippen molar-refractivity contribution in [1.29, 1.82) is 0 Å². The van der Waals surface area contributed by atoms with Crippen LogP contribution in [-0.4, -0.2) is 9.78 Å². The zero-order valence-corrected chi connectivity index (χ0v) is 7.79. The molecule has 0 spiro atoms. The Hall–Kier alpha value is -0.830. The number of nitrogens with two attached hydrogens (primary N) is 1. The molecule has 1 aliphatic carbocycles. The minimum Gasteiger partial charge on any atom is -0.320 e. The molecule has 70 valence electrons. The molecule has 2 aliphatic rings. The lowest BCUT2D eigenvalue weighted by Crippen LogP contribution is -2.43. The summed E-state index contributed by atoms with van der Waals surface area (Å²) in [6, 6.07) is 2.21. The fraction of sp³-hybridized carbons (Fsp3) is 0.700. The van der Waals surface area contributed by atoms with Crippen LogP contribution < -0.4 is 5.73 Å². The number of aromatic nitrogens is 2. The fourth-order valence-corrected chi connectivity index (χ4v) is 2.32. The Kier molecular flexibility index (Phi) is 1.37. The van der Waals surface area contributed by atoms with Gasteiger partial charge in [0.2, 0.25) is 0 Å². The van der Waals surface area contributed by atoms with Crippen LogP contribution in [0, 0.1) is 0 Å². The highest BCUT2D eigenvalue weighted by atomic mass is 15.3. The average Bonchev–Trinajstić information content (AvgIpc) is 2.57. The second-order valence-corrected chi connectivity index (χ2v) is 4.36. The smallest absolute Gasteiger partial charge is 0.0826 e. The molecule has 13 heavy (non-hydrogen) atoms. The molecule has 0 saturated heterocycles. The first-order chi connectivity index (χ1) is 6.28. The summed E-state index contributed by atoms with van der Waals surface area (Å²) in [6.45, 7) is 1.09. The van der Waals surface area contributed by atoms with Crippen LogP contribution in [0.1, 0.15) is 37.1 Å². The van der Waals surface area contributed by atoms with E-state index in [0.717, 1.165) is 25.1 Å². The molecule has 0 atom stereocenters. The fourth-order valence-electron chi connectivity index (χ4n) is 2.32. The normalized spacial score (nSPS) is 24.1. The average molecular weight is 177 g/mol. The van der Waals surface area contributed by atoms with Gasteiger partial charge in [-0.2, -0.15) is 5.10 Å². The maximum absolute atomic E-state index is 6.21. The summed E-state index contributed by atoms with van der Waals surface area (Å²) in [6.07, 6.45) is 5.93. The van der Waals surface area contributed by atoms with Crippen molar-refractivity contribution in [2.75, 3.05) is 0 Å². The molecule has 3 nitrogen and oxygen atoms in total. The van der Waals surface area contributed by atoms with Gasteiger partial charge in [-0.15, -0.1) is 0 Å². The van der Waals surface area contributed by atoms with Crippen LogP contribution in [-0.2, 0) is 18.5 Å². The predicted octanol–water partition coefficient (Wildman–Crippen LogP) is 1.17. The molecule has 2 heterocycles. The van der Waals surface area contributed by atoms with Crippen molar-refractivity contribution in [3.63, 3.8) is 0 Å². The summed E-state index contributed by atoms with van der Waals surface area (Å²) >= 11 is 0. The molecule has 0 radical (unpaired) electrons. The number of aryl methyl sites for hydroxylation is 2. The summed E-state index contributed by atoms with van der Waals surface area (Å²) in [4.78, 5) is 0. The van der Waals surface area contributed by atoms with Gasteiger partial charge in [0.1, 0.15) is 0 Å². The van der Waals surface area contributed by atoms with Gasteiger partial charge < -0.3 is 5.73 Å². The number of hydrogen-bond acceptors (Lipinski definition) is 2. The first-order valence-corrected chi connectivity index (χ1v) is 5.14. The van der Waals surface area contributed by atoms with E-state index in [9.17, 15) is 0 Å². The first kappa shape index (κ1) is 7.56. The van der Waals surface area contributed by atoms with Crippen LogP contribution in [0.4, 0.5) is 0 Å². The largest absolute Gasteiger partial charge is 0.320 e. The third-order valence-corrected chi connectivity index (χ3v) is 3.42. The molecule has 1 saturated carbocycles. The highest BCUT2D eigenvalue weighted by Crippen LogP contribution is 2.38. The summed E-state index contributed by atoms with van der Waals surface area (Å²) in [5, 5.41) is 4.58. The standard InChI is InChI=1S/C10H15N3/c11-10(4-2-5-10)9-7-8-3-1-6-13(8)12-9/h7H,1-6,11H2. The second kappa shape index (κ2) is 2.35. The number of hydrogen-bond donors (Lipinski definition) is 1. The third-order valence-electron chi connectivity index (χ3n) is 3.42. The van der Waals surface area contributed by atoms with E-state index < -0.39 is 0 Å². The zero-order chi connectivity index (χ0) is 8.89. The summed E-state index contributed by atoms with van der Waals surface area (Å²) in [5.41, 5.74) is 8.65. The van der Waals surface area contributed by atoms with Crippen molar-refractivity contribution in [3.05, 3.63) is 17.5 Å².